The van der Waals surface area contributed by atoms with E-state index in [4.69, 9.17) is 0 Å². The molecule has 0 amide bonds. The molecule has 1 aliphatic rings. The van der Waals surface area contributed by atoms with E-state index in [0.717, 1.165) is 19.0 Å². The number of hydrogen-bond donors (Lipinski definition) is 1. The lowest BCUT2D eigenvalue weighted by Crippen LogP contribution is -2.55. The first kappa shape index (κ1) is 10.0. The molecular formula is C10H24N2. The van der Waals surface area contributed by atoms with E-state index in [1.165, 1.54) is 13.1 Å². The van der Waals surface area contributed by atoms with Crippen molar-refractivity contribution in [3.63, 3.8) is 0 Å². The first-order chi connectivity index (χ1) is 5.55. The molecule has 0 atom stereocenters. The average Bonchev–Trinajstić information content (AvgIpc) is 2.06. The fourth-order valence-corrected chi connectivity index (χ4v) is 1.61. The Morgan fingerprint density at radius 3 is 2.17 bits per heavy atom. The summed E-state index contributed by atoms with van der Waals surface area (Å²) in [5.74, 6) is 0.732. The largest absolute Gasteiger partial charge is 0.314 e. The molecule has 0 bridgehead atoms. The van der Waals surface area contributed by atoms with Gasteiger partial charge in [0.1, 0.15) is 0 Å². The minimum Gasteiger partial charge on any atom is -0.314 e. The lowest BCUT2D eigenvalue weighted by molar-refractivity contribution is 0.0643. The molecule has 1 saturated heterocycles. The van der Waals surface area contributed by atoms with Crippen LogP contribution in [0.3, 0.4) is 0 Å². The molecule has 1 heterocycles. The van der Waals surface area contributed by atoms with Crippen molar-refractivity contribution in [1.82, 2.24) is 10.2 Å². The highest BCUT2D eigenvalue weighted by Gasteiger charge is 2.30. The van der Waals surface area contributed by atoms with Crippen LogP contribution in [-0.2, 0) is 0 Å². The summed E-state index contributed by atoms with van der Waals surface area (Å²) in [4.78, 5) is 2.59. The zero-order valence-electron chi connectivity index (χ0n) is 8.85. The molecule has 0 aromatic carbocycles. The summed E-state index contributed by atoms with van der Waals surface area (Å²) in [7, 11) is 0. The molecular weight excluding hydrogens is 148 g/mol. The Kier molecular flexibility index (Phi) is 3.13. The highest BCUT2D eigenvalue weighted by Crippen LogP contribution is 2.23. The van der Waals surface area contributed by atoms with E-state index in [0.29, 0.717) is 5.54 Å². The van der Waals surface area contributed by atoms with E-state index < -0.39 is 0 Å². The van der Waals surface area contributed by atoms with E-state index in [2.05, 4.69) is 37.9 Å². The van der Waals surface area contributed by atoms with Gasteiger partial charge in [0.25, 0.3) is 0 Å². The summed E-state index contributed by atoms with van der Waals surface area (Å²) in [6.45, 7) is 14.0. The van der Waals surface area contributed by atoms with Crippen LogP contribution in [0.1, 0.15) is 29.1 Å². The maximum Gasteiger partial charge on any atom is 0.0177 e. The lowest BCUT2D eigenvalue weighted by atomic mass is 9.88. The van der Waals surface area contributed by atoms with Gasteiger partial charge in [0.05, 0.1) is 0 Å². The van der Waals surface area contributed by atoms with Crippen molar-refractivity contribution in [3.8, 4) is 0 Å². The number of nitrogens with zero attached hydrogens (tertiary/aromatic N) is 1. The van der Waals surface area contributed by atoms with Crippen LogP contribution in [0.15, 0.2) is 0 Å². The number of rotatable bonds is 2. The fraction of sp³-hybridized carbons (Fsp3) is 1.00. The van der Waals surface area contributed by atoms with Gasteiger partial charge in [0.15, 0.2) is 0 Å². The van der Waals surface area contributed by atoms with Crippen LogP contribution in [0.4, 0.5) is 0 Å². The van der Waals surface area contributed by atoms with E-state index in [1.54, 1.807) is 0 Å². The van der Waals surface area contributed by atoms with E-state index in [-0.39, 0.29) is 1.43 Å². The highest BCUT2D eigenvalue weighted by molar-refractivity contribution is 4.86. The van der Waals surface area contributed by atoms with Gasteiger partial charge in [-0.15, -0.1) is 0 Å². The fourth-order valence-electron chi connectivity index (χ4n) is 1.61. The molecule has 2 nitrogen and oxygen atoms in total. The highest BCUT2D eigenvalue weighted by atomic mass is 15.2. The molecule has 0 unspecified atom stereocenters. The molecule has 0 radical (unpaired) electrons. The van der Waals surface area contributed by atoms with E-state index >= 15 is 0 Å². The third-order valence-electron chi connectivity index (χ3n) is 3.34. The average molecular weight is 172 g/mol. The van der Waals surface area contributed by atoms with Crippen LogP contribution in [0.5, 0.6) is 0 Å². The Bertz CT molecular complexity index is 140. The molecule has 0 aromatic rings. The lowest BCUT2D eigenvalue weighted by Gasteiger charge is -2.44. The van der Waals surface area contributed by atoms with Gasteiger partial charge in [-0.2, -0.15) is 0 Å². The minimum atomic E-state index is 0. The summed E-state index contributed by atoms with van der Waals surface area (Å²) < 4.78 is 0. The molecule has 0 spiro atoms. The third-order valence-corrected chi connectivity index (χ3v) is 3.34. The van der Waals surface area contributed by atoms with Crippen LogP contribution in [0, 0.1) is 5.92 Å². The molecule has 1 rings (SSSR count). The van der Waals surface area contributed by atoms with Crippen molar-refractivity contribution in [1.29, 1.82) is 0 Å². The van der Waals surface area contributed by atoms with E-state index in [9.17, 15) is 0 Å². The Morgan fingerprint density at radius 1 is 1.25 bits per heavy atom. The minimum absolute atomic E-state index is 0. The zero-order valence-corrected chi connectivity index (χ0v) is 8.85. The second-order valence-electron chi connectivity index (χ2n) is 4.55. The second kappa shape index (κ2) is 3.75. The molecule has 0 aromatic heterocycles. The van der Waals surface area contributed by atoms with Crippen molar-refractivity contribution in [2.24, 2.45) is 5.92 Å². The van der Waals surface area contributed by atoms with Crippen LogP contribution in [-0.4, -0.2) is 36.6 Å². The van der Waals surface area contributed by atoms with Crippen molar-refractivity contribution in [2.75, 3.05) is 26.2 Å². The van der Waals surface area contributed by atoms with Crippen molar-refractivity contribution < 1.29 is 1.43 Å². The Balaban J connectivity index is 0.00000144. The van der Waals surface area contributed by atoms with Crippen molar-refractivity contribution in [2.45, 2.75) is 33.2 Å². The summed E-state index contributed by atoms with van der Waals surface area (Å²) in [6, 6.07) is 0. The van der Waals surface area contributed by atoms with Crippen molar-refractivity contribution >= 4 is 0 Å². The summed E-state index contributed by atoms with van der Waals surface area (Å²) in [6.07, 6.45) is 0. The number of nitrogens with one attached hydrogen (secondary N) is 1. The predicted molar refractivity (Wildman–Crippen MR) is 55.5 cm³/mol. The Morgan fingerprint density at radius 2 is 1.75 bits per heavy atom. The Hall–Kier alpha value is -0.0800. The van der Waals surface area contributed by atoms with Gasteiger partial charge in [-0.05, 0) is 19.8 Å². The van der Waals surface area contributed by atoms with Gasteiger partial charge < -0.3 is 5.32 Å². The summed E-state index contributed by atoms with van der Waals surface area (Å²) in [5.41, 5.74) is 0.363. The quantitative estimate of drug-likeness (QED) is 0.680. The van der Waals surface area contributed by atoms with Gasteiger partial charge in [-0.3, -0.25) is 4.90 Å². The SMILES string of the molecule is CC(C)C(C)(C)N1CCNCC1.[HH]. The smallest absolute Gasteiger partial charge is 0.0177 e. The molecule has 1 N–H and O–H groups in total. The monoisotopic (exact) mass is 172 g/mol. The predicted octanol–water partition coefficient (Wildman–Crippen LogP) is 1.57. The van der Waals surface area contributed by atoms with Crippen LogP contribution >= 0.6 is 0 Å². The first-order valence-corrected chi connectivity index (χ1v) is 5.01. The zero-order chi connectivity index (χ0) is 9.19. The molecule has 12 heavy (non-hydrogen) atoms. The third kappa shape index (κ3) is 1.99. The summed E-state index contributed by atoms with van der Waals surface area (Å²) in [5, 5.41) is 3.38. The van der Waals surface area contributed by atoms with E-state index in [1.807, 2.05) is 0 Å². The van der Waals surface area contributed by atoms with Crippen LogP contribution in [0.25, 0.3) is 0 Å². The number of hydrogen-bond acceptors (Lipinski definition) is 2. The van der Waals surface area contributed by atoms with Gasteiger partial charge >= 0.3 is 0 Å². The second-order valence-corrected chi connectivity index (χ2v) is 4.55. The normalized spacial score (nSPS) is 21.8. The molecule has 0 saturated carbocycles. The molecule has 1 fully saturated rings. The molecule has 1 aliphatic heterocycles. The van der Waals surface area contributed by atoms with Gasteiger partial charge in [-0.1, -0.05) is 13.8 Å². The van der Waals surface area contributed by atoms with Gasteiger partial charge in [0.2, 0.25) is 0 Å². The maximum atomic E-state index is 3.38. The van der Waals surface area contributed by atoms with Crippen LogP contribution in [0.2, 0.25) is 0 Å². The molecule has 2 heteroatoms. The van der Waals surface area contributed by atoms with Crippen LogP contribution < -0.4 is 5.32 Å². The molecule has 0 aliphatic carbocycles. The van der Waals surface area contributed by atoms with Gasteiger partial charge in [0, 0.05) is 33.1 Å². The van der Waals surface area contributed by atoms with Gasteiger partial charge in [-0.25, -0.2) is 0 Å². The summed E-state index contributed by atoms with van der Waals surface area (Å²) >= 11 is 0. The first-order valence-electron chi connectivity index (χ1n) is 5.01. The number of piperazine rings is 1. The topological polar surface area (TPSA) is 15.3 Å². The van der Waals surface area contributed by atoms with Crippen molar-refractivity contribution in [3.05, 3.63) is 0 Å². The standard InChI is InChI=1S/C10H22N2.H2/c1-9(2)10(3,4)12-7-5-11-6-8-12;/h9,11H,5-8H2,1-4H3;1H. The Labute approximate surface area is 77.8 Å². The maximum absolute atomic E-state index is 3.38. The molecule has 74 valence electrons.